The Hall–Kier alpha value is -2.37. The van der Waals surface area contributed by atoms with Gasteiger partial charge in [-0.2, -0.15) is 0 Å². The van der Waals surface area contributed by atoms with Crippen molar-refractivity contribution >= 4 is 23.2 Å². The predicted molar refractivity (Wildman–Crippen MR) is 98.1 cm³/mol. The number of hydrogen-bond acceptors (Lipinski definition) is 3. The Morgan fingerprint density at radius 3 is 2.84 bits per heavy atom. The third kappa shape index (κ3) is 3.38. The van der Waals surface area contributed by atoms with Crippen LogP contribution in [0.15, 0.2) is 48.7 Å². The highest BCUT2D eigenvalue weighted by Gasteiger charge is 2.28. The molecule has 0 aliphatic rings. The van der Waals surface area contributed by atoms with Gasteiger partial charge < -0.3 is 10.1 Å². The number of carbonyl (C=O) groups is 1. The van der Waals surface area contributed by atoms with Gasteiger partial charge >= 0.3 is 0 Å². The fourth-order valence-corrected chi connectivity index (χ4v) is 3.02. The number of pyridine rings is 1. The summed E-state index contributed by atoms with van der Waals surface area (Å²) in [5.74, 6) is -0.193. The number of fused-ring (bicyclic) bond motifs is 1. The molecule has 3 aromatic rings. The molecule has 2 aromatic heterocycles. The number of carbonyl (C=O) groups excluding carboxylic acids is 1. The molecule has 25 heavy (non-hydrogen) atoms. The molecular formula is C19H20ClN3O2. The first-order valence-electron chi connectivity index (χ1n) is 7.98. The number of rotatable bonds is 5. The highest BCUT2D eigenvalue weighted by atomic mass is 35.5. The zero-order valence-corrected chi connectivity index (χ0v) is 15.2. The van der Waals surface area contributed by atoms with E-state index >= 15 is 0 Å². The average molecular weight is 358 g/mol. The lowest BCUT2D eigenvalue weighted by Crippen LogP contribution is -2.40. The maximum Gasteiger partial charge on any atom is 0.270 e. The van der Waals surface area contributed by atoms with E-state index in [1.165, 1.54) is 0 Å². The van der Waals surface area contributed by atoms with Crippen LogP contribution < -0.4 is 5.32 Å². The van der Waals surface area contributed by atoms with Crippen molar-refractivity contribution in [3.63, 3.8) is 0 Å². The van der Waals surface area contributed by atoms with Crippen molar-refractivity contribution in [2.45, 2.75) is 19.4 Å². The Kier molecular flexibility index (Phi) is 4.79. The number of nitrogens with zero attached hydrogens (tertiary/aromatic N) is 2. The van der Waals surface area contributed by atoms with Gasteiger partial charge in [0.2, 0.25) is 0 Å². The van der Waals surface area contributed by atoms with Gasteiger partial charge in [-0.25, -0.2) is 4.98 Å². The normalized spacial score (nSPS) is 13.6. The number of halogens is 1. The fraction of sp³-hybridized carbons (Fsp3) is 0.263. The second kappa shape index (κ2) is 6.86. The third-order valence-electron chi connectivity index (χ3n) is 4.39. The van der Waals surface area contributed by atoms with Crippen LogP contribution in [0, 0.1) is 6.92 Å². The maximum atomic E-state index is 12.7. The average Bonchev–Trinajstić information content (AvgIpc) is 2.95. The van der Waals surface area contributed by atoms with Crippen molar-refractivity contribution in [2.24, 2.45) is 0 Å². The van der Waals surface area contributed by atoms with Gasteiger partial charge in [0.15, 0.2) is 0 Å². The first kappa shape index (κ1) is 17.5. The molecule has 130 valence electrons. The zero-order chi connectivity index (χ0) is 18.0. The summed E-state index contributed by atoms with van der Waals surface area (Å²) >= 11 is 6.08. The molecule has 6 heteroatoms. The van der Waals surface area contributed by atoms with E-state index in [9.17, 15) is 4.79 Å². The van der Waals surface area contributed by atoms with E-state index in [0.29, 0.717) is 23.0 Å². The second-order valence-corrected chi connectivity index (χ2v) is 6.54. The molecule has 1 N–H and O–H groups in total. The van der Waals surface area contributed by atoms with Crippen molar-refractivity contribution in [1.82, 2.24) is 14.7 Å². The summed E-state index contributed by atoms with van der Waals surface area (Å²) in [6.45, 7) is 4.05. The Bertz CT molecular complexity index is 922. The molecule has 0 bridgehead atoms. The monoisotopic (exact) mass is 357 g/mol. The number of aromatic nitrogens is 2. The molecule has 5 nitrogen and oxygen atoms in total. The molecule has 1 unspecified atom stereocenters. The van der Waals surface area contributed by atoms with Crippen LogP contribution in [0.4, 0.5) is 0 Å². The van der Waals surface area contributed by atoms with E-state index in [1.807, 2.05) is 62.5 Å². The molecule has 2 heterocycles. The van der Waals surface area contributed by atoms with Gasteiger partial charge in [0.1, 0.15) is 16.9 Å². The minimum atomic E-state index is -0.686. The molecule has 0 fully saturated rings. The first-order chi connectivity index (χ1) is 11.9. The Morgan fingerprint density at radius 1 is 1.32 bits per heavy atom. The molecule has 0 saturated heterocycles. The molecule has 1 aromatic carbocycles. The van der Waals surface area contributed by atoms with Crippen molar-refractivity contribution in [3.8, 4) is 0 Å². The SMILES string of the molecule is COC(C)(CNC(=O)c1c(C)nc2ccccn12)c1cccc(Cl)c1. The van der Waals surface area contributed by atoms with Crippen molar-refractivity contribution < 1.29 is 9.53 Å². The van der Waals surface area contributed by atoms with Crippen molar-refractivity contribution in [2.75, 3.05) is 13.7 Å². The first-order valence-corrected chi connectivity index (χ1v) is 8.35. The highest BCUT2D eigenvalue weighted by molar-refractivity contribution is 6.30. The number of amides is 1. The van der Waals surface area contributed by atoms with Gasteiger partial charge in [0.05, 0.1) is 12.2 Å². The summed E-state index contributed by atoms with van der Waals surface area (Å²) in [4.78, 5) is 17.2. The number of aryl methyl sites for hydroxylation is 1. The van der Waals surface area contributed by atoms with Gasteiger partial charge in [-0.1, -0.05) is 29.8 Å². The lowest BCUT2D eigenvalue weighted by Gasteiger charge is -2.29. The molecule has 1 amide bonds. The van der Waals surface area contributed by atoms with Crippen LogP contribution in [0.2, 0.25) is 5.02 Å². The summed E-state index contributed by atoms with van der Waals surface area (Å²) < 4.78 is 7.45. The van der Waals surface area contributed by atoms with Crippen LogP contribution in [0.25, 0.3) is 5.65 Å². The third-order valence-corrected chi connectivity index (χ3v) is 4.63. The number of imidazole rings is 1. The molecule has 3 rings (SSSR count). The molecular weight excluding hydrogens is 338 g/mol. The van der Waals surface area contributed by atoms with Crippen molar-refractivity contribution in [1.29, 1.82) is 0 Å². The number of ether oxygens (including phenoxy) is 1. The number of benzene rings is 1. The van der Waals surface area contributed by atoms with Crippen LogP contribution >= 0.6 is 11.6 Å². The Balaban J connectivity index is 1.84. The minimum absolute atomic E-state index is 0.193. The van der Waals surface area contributed by atoms with Gasteiger partial charge in [-0.15, -0.1) is 0 Å². The summed E-state index contributed by atoms with van der Waals surface area (Å²) in [7, 11) is 1.62. The molecule has 0 saturated carbocycles. The van der Waals surface area contributed by atoms with Crippen LogP contribution in [0.1, 0.15) is 28.7 Å². The molecule has 0 aliphatic heterocycles. The van der Waals surface area contributed by atoms with Crippen LogP contribution in [0.5, 0.6) is 0 Å². The quantitative estimate of drug-likeness (QED) is 0.759. The van der Waals surface area contributed by atoms with Crippen LogP contribution in [0.3, 0.4) is 0 Å². The van der Waals surface area contributed by atoms with Crippen molar-refractivity contribution in [3.05, 3.63) is 70.6 Å². The van der Waals surface area contributed by atoms with E-state index in [1.54, 1.807) is 11.5 Å². The van der Waals surface area contributed by atoms with E-state index in [4.69, 9.17) is 16.3 Å². The van der Waals surface area contributed by atoms with Gasteiger partial charge in [0.25, 0.3) is 5.91 Å². The summed E-state index contributed by atoms with van der Waals surface area (Å²) in [5.41, 5.74) is 2.17. The standard InChI is InChI=1S/C19H20ClN3O2/c1-13-17(23-10-5-4-9-16(23)22-13)18(24)21-12-19(2,25-3)14-7-6-8-15(20)11-14/h4-11H,12H2,1-3H3,(H,21,24). The largest absolute Gasteiger partial charge is 0.372 e. The lowest BCUT2D eigenvalue weighted by atomic mass is 9.95. The molecule has 0 aliphatic carbocycles. The Labute approximate surface area is 151 Å². The number of hydrogen-bond donors (Lipinski definition) is 1. The Morgan fingerprint density at radius 2 is 2.12 bits per heavy atom. The smallest absolute Gasteiger partial charge is 0.270 e. The zero-order valence-electron chi connectivity index (χ0n) is 14.4. The lowest BCUT2D eigenvalue weighted by molar-refractivity contribution is 0.00310. The summed E-state index contributed by atoms with van der Waals surface area (Å²) in [6.07, 6.45) is 1.83. The molecule has 0 spiro atoms. The highest BCUT2D eigenvalue weighted by Crippen LogP contribution is 2.26. The topological polar surface area (TPSA) is 55.6 Å². The number of nitrogens with one attached hydrogen (secondary N) is 1. The van der Waals surface area contributed by atoms with E-state index < -0.39 is 5.60 Å². The van der Waals surface area contributed by atoms with E-state index in [2.05, 4.69) is 10.3 Å². The molecule has 1 atom stereocenters. The summed E-state index contributed by atoms with van der Waals surface area (Å²) in [6, 6.07) is 13.1. The predicted octanol–water partition coefficient (Wildman–Crippen LogP) is 3.59. The maximum absolute atomic E-state index is 12.7. The van der Waals surface area contributed by atoms with Gasteiger partial charge in [0, 0.05) is 18.3 Å². The van der Waals surface area contributed by atoms with Gasteiger partial charge in [-0.05, 0) is 43.7 Å². The minimum Gasteiger partial charge on any atom is -0.372 e. The van der Waals surface area contributed by atoms with Crippen LogP contribution in [-0.4, -0.2) is 28.9 Å². The second-order valence-electron chi connectivity index (χ2n) is 6.10. The number of methoxy groups -OCH3 is 1. The van der Waals surface area contributed by atoms with Crippen LogP contribution in [-0.2, 0) is 10.3 Å². The van der Waals surface area contributed by atoms with E-state index in [-0.39, 0.29) is 5.91 Å². The molecule has 0 radical (unpaired) electrons. The van der Waals surface area contributed by atoms with Gasteiger partial charge in [-0.3, -0.25) is 9.20 Å². The summed E-state index contributed by atoms with van der Waals surface area (Å²) in [5, 5.41) is 3.59. The fourth-order valence-electron chi connectivity index (χ4n) is 2.83. The van der Waals surface area contributed by atoms with E-state index in [0.717, 1.165) is 11.2 Å².